The molecule has 1 N–H and O–H groups in total. The molecule has 0 saturated heterocycles. The summed E-state index contributed by atoms with van der Waals surface area (Å²) in [6.45, 7) is 4.95. The summed E-state index contributed by atoms with van der Waals surface area (Å²) in [4.78, 5) is 19.0. The number of hydrogen-bond acceptors (Lipinski definition) is 3. The summed E-state index contributed by atoms with van der Waals surface area (Å²) in [5.41, 5.74) is 1.63. The molecule has 4 heteroatoms. The molecule has 0 radical (unpaired) electrons. The summed E-state index contributed by atoms with van der Waals surface area (Å²) < 4.78 is 0. The van der Waals surface area contributed by atoms with Crippen LogP contribution in [0.2, 0.25) is 0 Å². The van der Waals surface area contributed by atoms with Gasteiger partial charge < -0.3 is 10.2 Å². The number of nitrogens with one attached hydrogen (secondary N) is 1. The maximum absolute atomic E-state index is 12.6. The van der Waals surface area contributed by atoms with Crippen LogP contribution in [0.4, 0.5) is 5.82 Å². The SMILES string of the molecule is CCCCN(C(=O)c1cc(C)nc(NC)c1)C1CC1. The van der Waals surface area contributed by atoms with Gasteiger partial charge in [-0.2, -0.15) is 0 Å². The zero-order valence-corrected chi connectivity index (χ0v) is 12.1. The zero-order chi connectivity index (χ0) is 13.8. The average molecular weight is 261 g/mol. The van der Waals surface area contributed by atoms with Gasteiger partial charge in [0.1, 0.15) is 5.82 Å². The van der Waals surface area contributed by atoms with Crippen molar-refractivity contribution in [2.75, 3.05) is 18.9 Å². The summed E-state index contributed by atoms with van der Waals surface area (Å²) in [6.07, 6.45) is 4.50. The van der Waals surface area contributed by atoms with Gasteiger partial charge in [-0.25, -0.2) is 4.98 Å². The Hall–Kier alpha value is -1.58. The van der Waals surface area contributed by atoms with Crippen molar-refractivity contribution >= 4 is 11.7 Å². The number of aromatic nitrogens is 1. The molecule has 2 rings (SSSR count). The van der Waals surface area contributed by atoms with Crippen molar-refractivity contribution in [3.8, 4) is 0 Å². The van der Waals surface area contributed by atoms with Crippen molar-refractivity contribution in [3.05, 3.63) is 23.4 Å². The molecule has 1 saturated carbocycles. The second-order valence-corrected chi connectivity index (χ2v) is 5.22. The third kappa shape index (κ3) is 3.46. The lowest BCUT2D eigenvalue weighted by molar-refractivity contribution is 0.0740. The number of pyridine rings is 1. The van der Waals surface area contributed by atoms with E-state index < -0.39 is 0 Å². The Bertz CT molecular complexity index is 455. The van der Waals surface area contributed by atoms with Gasteiger partial charge in [0, 0.05) is 30.9 Å². The molecule has 0 aliphatic heterocycles. The lowest BCUT2D eigenvalue weighted by atomic mass is 10.2. The average Bonchev–Trinajstić information content (AvgIpc) is 3.22. The van der Waals surface area contributed by atoms with Crippen LogP contribution in [0.15, 0.2) is 12.1 Å². The Balaban J connectivity index is 2.18. The molecule has 1 heterocycles. The van der Waals surface area contributed by atoms with E-state index in [1.54, 1.807) is 0 Å². The first kappa shape index (κ1) is 13.8. The Kier molecular flexibility index (Phi) is 4.40. The Labute approximate surface area is 115 Å². The van der Waals surface area contributed by atoms with Gasteiger partial charge in [0.15, 0.2) is 0 Å². The highest BCUT2D eigenvalue weighted by atomic mass is 16.2. The fraction of sp³-hybridized carbons (Fsp3) is 0.600. The van der Waals surface area contributed by atoms with Crippen LogP contribution in [0, 0.1) is 6.92 Å². The molecule has 0 bridgehead atoms. The van der Waals surface area contributed by atoms with Crippen LogP contribution in [0.3, 0.4) is 0 Å². The number of amides is 1. The predicted molar refractivity (Wildman–Crippen MR) is 77.5 cm³/mol. The summed E-state index contributed by atoms with van der Waals surface area (Å²) in [5.74, 6) is 0.910. The highest BCUT2D eigenvalue weighted by Crippen LogP contribution is 2.29. The second kappa shape index (κ2) is 6.04. The van der Waals surface area contributed by atoms with Crippen LogP contribution in [-0.4, -0.2) is 35.4 Å². The van der Waals surface area contributed by atoms with Crippen molar-refractivity contribution in [2.45, 2.75) is 45.6 Å². The van der Waals surface area contributed by atoms with Crippen LogP contribution < -0.4 is 5.32 Å². The number of rotatable bonds is 6. The molecule has 0 atom stereocenters. The van der Waals surface area contributed by atoms with Gasteiger partial charge in [-0.1, -0.05) is 13.3 Å². The first-order valence-corrected chi connectivity index (χ1v) is 7.13. The minimum atomic E-state index is 0.151. The number of carbonyl (C=O) groups is 1. The number of unbranched alkanes of at least 4 members (excludes halogenated alkanes) is 1. The molecular formula is C15H23N3O. The third-order valence-electron chi connectivity index (χ3n) is 3.46. The molecule has 104 valence electrons. The lowest BCUT2D eigenvalue weighted by Gasteiger charge is -2.22. The fourth-order valence-electron chi connectivity index (χ4n) is 2.25. The van der Waals surface area contributed by atoms with Crippen molar-refractivity contribution in [3.63, 3.8) is 0 Å². The summed E-state index contributed by atoms with van der Waals surface area (Å²) in [7, 11) is 1.83. The van der Waals surface area contributed by atoms with E-state index in [1.165, 1.54) is 0 Å². The molecule has 1 aromatic rings. The van der Waals surface area contributed by atoms with E-state index >= 15 is 0 Å². The van der Waals surface area contributed by atoms with Gasteiger partial charge in [-0.05, 0) is 38.3 Å². The van der Waals surface area contributed by atoms with E-state index in [9.17, 15) is 4.79 Å². The normalized spacial score (nSPS) is 14.3. The second-order valence-electron chi connectivity index (χ2n) is 5.22. The predicted octanol–water partition coefficient (Wildman–Crippen LogP) is 2.84. The molecule has 1 aliphatic carbocycles. The van der Waals surface area contributed by atoms with E-state index in [1.807, 2.05) is 31.0 Å². The zero-order valence-electron chi connectivity index (χ0n) is 12.1. The maximum Gasteiger partial charge on any atom is 0.254 e. The van der Waals surface area contributed by atoms with E-state index in [0.717, 1.165) is 49.3 Å². The van der Waals surface area contributed by atoms with Crippen LogP contribution in [-0.2, 0) is 0 Å². The van der Waals surface area contributed by atoms with Crippen LogP contribution >= 0.6 is 0 Å². The number of hydrogen-bond donors (Lipinski definition) is 1. The smallest absolute Gasteiger partial charge is 0.254 e. The van der Waals surface area contributed by atoms with Crippen LogP contribution in [0.25, 0.3) is 0 Å². The number of carbonyl (C=O) groups excluding carboxylic acids is 1. The minimum absolute atomic E-state index is 0.151. The Morgan fingerprint density at radius 1 is 1.47 bits per heavy atom. The standard InChI is InChI=1S/C15H23N3O/c1-4-5-8-18(13-6-7-13)15(19)12-9-11(2)17-14(10-12)16-3/h9-10,13H,4-8H2,1-3H3,(H,16,17). The number of anilines is 1. The number of aryl methyl sites for hydroxylation is 1. The Morgan fingerprint density at radius 3 is 2.79 bits per heavy atom. The number of nitrogens with zero attached hydrogens (tertiary/aromatic N) is 2. The van der Waals surface area contributed by atoms with E-state index in [-0.39, 0.29) is 5.91 Å². The first-order chi connectivity index (χ1) is 9.15. The summed E-state index contributed by atoms with van der Waals surface area (Å²) >= 11 is 0. The van der Waals surface area contributed by atoms with Crippen LogP contribution in [0.5, 0.6) is 0 Å². The molecule has 0 unspecified atom stereocenters. The van der Waals surface area contributed by atoms with Gasteiger partial charge in [-0.15, -0.1) is 0 Å². The molecule has 19 heavy (non-hydrogen) atoms. The Morgan fingerprint density at radius 2 is 2.21 bits per heavy atom. The van der Waals surface area contributed by atoms with E-state index in [0.29, 0.717) is 6.04 Å². The minimum Gasteiger partial charge on any atom is -0.373 e. The topological polar surface area (TPSA) is 45.2 Å². The van der Waals surface area contributed by atoms with Gasteiger partial charge in [-0.3, -0.25) is 4.79 Å². The molecular weight excluding hydrogens is 238 g/mol. The largest absolute Gasteiger partial charge is 0.373 e. The van der Waals surface area contributed by atoms with Gasteiger partial charge in [0.25, 0.3) is 5.91 Å². The van der Waals surface area contributed by atoms with Gasteiger partial charge >= 0.3 is 0 Å². The lowest BCUT2D eigenvalue weighted by Crippen LogP contribution is -2.34. The first-order valence-electron chi connectivity index (χ1n) is 7.13. The fourth-order valence-corrected chi connectivity index (χ4v) is 2.25. The van der Waals surface area contributed by atoms with Gasteiger partial charge in [0.05, 0.1) is 0 Å². The quantitative estimate of drug-likeness (QED) is 0.856. The van der Waals surface area contributed by atoms with Crippen molar-refractivity contribution in [2.24, 2.45) is 0 Å². The molecule has 4 nitrogen and oxygen atoms in total. The monoisotopic (exact) mass is 261 g/mol. The van der Waals surface area contributed by atoms with Crippen molar-refractivity contribution in [1.29, 1.82) is 0 Å². The highest BCUT2D eigenvalue weighted by molar-refractivity contribution is 5.95. The molecule has 0 aromatic carbocycles. The molecule has 1 aromatic heterocycles. The van der Waals surface area contributed by atoms with E-state index in [2.05, 4.69) is 17.2 Å². The van der Waals surface area contributed by atoms with Crippen molar-refractivity contribution in [1.82, 2.24) is 9.88 Å². The third-order valence-corrected chi connectivity index (χ3v) is 3.46. The van der Waals surface area contributed by atoms with E-state index in [4.69, 9.17) is 0 Å². The molecule has 1 fully saturated rings. The molecule has 1 amide bonds. The molecule has 0 spiro atoms. The summed E-state index contributed by atoms with van der Waals surface area (Å²) in [5, 5.41) is 3.01. The maximum atomic E-state index is 12.6. The summed E-state index contributed by atoms with van der Waals surface area (Å²) in [6, 6.07) is 4.19. The molecule has 1 aliphatic rings. The van der Waals surface area contributed by atoms with Crippen LogP contribution in [0.1, 0.15) is 48.7 Å². The highest BCUT2D eigenvalue weighted by Gasteiger charge is 2.32. The van der Waals surface area contributed by atoms with Crippen molar-refractivity contribution < 1.29 is 4.79 Å². The van der Waals surface area contributed by atoms with Gasteiger partial charge in [0.2, 0.25) is 0 Å².